The van der Waals surface area contributed by atoms with E-state index in [-0.39, 0.29) is 24.0 Å². The fraction of sp³-hybridized carbons (Fsp3) is 0.216. The molecular formula is C37H32BrN3O7S. The first kappa shape index (κ1) is 32.6. The van der Waals surface area contributed by atoms with Gasteiger partial charge in [-0.15, -0.1) is 11.3 Å². The van der Waals surface area contributed by atoms with Gasteiger partial charge in [0.05, 0.1) is 18.1 Å². The highest BCUT2D eigenvalue weighted by Gasteiger charge is 2.39. The number of nitrogens with zero attached hydrogens (tertiary/aromatic N) is 1. The zero-order valence-electron chi connectivity index (χ0n) is 26.2. The molecule has 0 spiro atoms. The van der Waals surface area contributed by atoms with Crippen molar-refractivity contribution in [2.75, 3.05) is 31.7 Å². The van der Waals surface area contributed by atoms with Crippen LogP contribution in [0.1, 0.15) is 28.8 Å². The van der Waals surface area contributed by atoms with Crippen molar-refractivity contribution in [2.45, 2.75) is 25.4 Å². The van der Waals surface area contributed by atoms with Gasteiger partial charge in [-0.1, -0.05) is 28.1 Å². The number of aromatic hydroxyl groups is 1. The normalized spacial score (nSPS) is 15.7. The summed E-state index contributed by atoms with van der Waals surface area (Å²) in [5.74, 6) is 1.40. The highest BCUT2D eigenvalue weighted by molar-refractivity contribution is 9.10. The highest BCUT2D eigenvalue weighted by atomic mass is 79.9. The number of thiophene rings is 1. The molecule has 1 fully saturated rings. The van der Waals surface area contributed by atoms with Gasteiger partial charge in [0.25, 0.3) is 5.91 Å². The van der Waals surface area contributed by atoms with Gasteiger partial charge >= 0.3 is 0 Å². The van der Waals surface area contributed by atoms with Gasteiger partial charge in [0.1, 0.15) is 29.9 Å². The van der Waals surface area contributed by atoms with Crippen molar-refractivity contribution in [3.05, 3.63) is 101 Å². The Labute approximate surface area is 294 Å². The Morgan fingerprint density at radius 3 is 2.51 bits per heavy atom. The number of hydrogen-bond acceptors (Lipinski definition) is 9. The van der Waals surface area contributed by atoms with Crippen LogP contribution < -0.4 is 20.1 Å². The monoisotopic (exact) mass is 741 g/mol. The summed E-state index contributed by atoms with van der Waals surface area (Å²) in [7, 11) is 0. The molecule has 1 atom stereocenters. The molecule has 3 N–H and O–H groups in total. The van der Waals surface area contributed by atoms with Gasteiger partial charge in [-0.25, -0.2) is 0 Å². The SMILES string of the molecule is O=C1CCC(N2Cc3cc(NCCOCCOc4ccc(Oc5c(-c6ccc(Br)cc6)sc6cc(O)ccc56)cc4)ccc3C2=O)C(=O)N1. The lowest BCUT2D eigenvalue weighted by molar-refractivity contribution is -0.136. The molecule has 1 aromatic heterocycles. The van der Waals surface area contributed by atoms with Crippen LogP contribution in [0.25, 0.3) is 20.5 Å². The molecule has 3 amide bonds. The van der Waals surface area contributed by atoms with Gasteiger partial charge in [-0.3, -0.25) is 19.7 Å². The average molecular weight is 743 g/mol. The summed E-state index contributed by atoms with van der Waals surface area (Å²) in [6.45, 7) is 2.14. The molecule has 3 heterocycles. The van der Waals surface area contributed by atoms with Gasteiger partial charge in [-0.05, 0) is 90.3 Å². The van der Waals surface area contributed by atoms with Crippen LogP contribution in [0.15, 0.2) is 89.4 Å². The summed E-state index contributed by atoms with van der Waals surface area (Å²) in [5.41, 5.74) is 3.31. The summed E-state index contributed by atoms with van der Waals surface area (Å²) in [6, 6.07) is 25.7. The van der Waals surface area contributed by atoms with Crippen molar-refractivity contribution in [1.29, 1.82) is 0 Å². The van der Waals surface area contributed by atoms with E-state index in [1.165, 1.54) is 0 Å². The number of hydrogen-bond donors (Lipinski definition) is 3. The Balaban J connectivity index is 0.866. The van der Waals surface area contributed by atoms with Crippen molar-refractivity contribution in [3.63, 3.8) is 0 Å². The Hall–Kier alpha value is -4.91. The molecule has 250 valence electrons. The van der Waals surface area contributed by atoms with E-state index < -0.39 is 11.9 Å². The Kier molecular flexibility index (Phi) is 9.52. The third-order valence-electron chi connectivity index (χ3n) is 8.37. The van der Waals surface area contributed by atoms with Crippen LogP contribution in [0.3, 0.4) is 0 Å². The zero-order chi connectivity index (χ0) is 33.9. The molecule has 2 aliphatic heterocycles. The Bertz CT molecular complexity index is 2030. The van der Waals surface area contributed by atoms with E-state index in [9.17, 15) is 19.5 Å². The second-order valence-electron chi connectivity index (χ2n) is 11.7. The molecule has 49 heavy (non-hydrogen) atoms. The number of halogens is 1. The number of nitrogens with one attached hydrogen (secondary N) is 2. The largest absolute Gasteiger partial charge is 0.508 e. The van der Waals surface area contributed by atoms with Gasteiger partial charge in [0.2, 0.25) is 11.8 Å². The maximum atomic E-state index is 12.9. The molecule has 10 nitrogen and oxygen atoms in total. The molecule has 4 aromatic carbocycles. The summed E-state index contributed by atoms with van der Waals surface area (Å²) >= 11 is 5.07. The first-order valence-corrected chi connectivity index (χ1v) is 17.4. The fourth-order valence-corrected chi connectivity index (χ4v) is 7.38. The molecule has 0 aliphatic carbocycles. The van der Waals surface area contributed by atoms with Crippen molar-refractivity contribution in [1.82, 2.24) is 10.2 Å². The smallest absolute Gasteiger partial charge is 0.255 e. The number of ether oxygens (including phenoxy) is 3. The number of anilines is 1. The van der Waals surface area contributed by atoms with E-state index in [1.54, 1.807) is 34.4 Å². The first-order chi connectivity index (χ1) is 23.8. The second-order valence-corrected chi connectivity index (χ2v) is 13.6. The van der Waals surface area contributed by atoms with Gasteiger partial charge in [-0.2, -0.15) is 0 Å². The lowest BCUT2D eigenvalue weighted by atomic mass is 10.0. The fourth-order valence-electron chi connectivity index (χ4n) is 5.95. The molecule has 0 saturated carbocycles. The number of piperidine rings is 1. The van der Waals surface area contributed by atoms with Crippen LogP contribution in [-0.4, -0.2) is 60.1 Å². The predicted octanol–water partition coefficient (Wildman–Crippen LogP) is 7.10. The molecular weight excluding hydrogens is 710 g/mol. The summed E-state index contributed by atoms with van der Waals surface area (Å²) < 4.78 is 19.9. The zero-order valence-corrected chi connectivity index (χ0v) is 28.6. The standard InChI is InChI=1S/C37H32BrN3O7S/c38-24-3-1-22(2-4-24)35-34(30-12-6-26(42)20-32(30)49-35)48-28-9-7-27(8-10-28)47-18-17-46-16-15-39-25-5-11-29-23(19-25)21-41(37(29)45)31-13-14-33(43)40-36(31)44/h1-12,19-20,31,39,42H,13-18,21H2,(H,40,43,44). The lowest BCUT2D eigenvalue weighted by Crippen LogP contribution is -2.52. The Morgan fingerprint density at radius 2 is 1.71 bits per heavy atom. The van der Waals surface area contributed by atoms with E-state index >= 15 is 0 Å². The van der Waals surface area contributed by atoms with Crippen molar-refractivity contribution >= 4 is 60.8 Å². The van der Waals surface area contributed by atoms with E-state index in [2.05, 4.69) is 26.6 Å². The first-order valence-electron chi connectivity index (χ1n) is 15.8. The number of amides is 3. The van der Waals surface area contributed by atoms with Gasteiger partial charge in [0.15, 0.2) is 5.75 Å². The maximum Gasteiger partial charge on any atom is 0.255 e. The van der Waals surface area contributed by atoms with Crippen LogP contribution in [0.4, 0.5) is 5.69 Å². The number of carbonyl (C=O) groups excluding carboxylic acids is 3. The predicted molar refractivity (Wildman–Crippen MR) is 190 cm³/mol. The molecule has 12 heteroatoms. The minimum absolute atomic E-state index is 0.189. The molecule has 7 rings (SSSR count). The van der Waals surface area contributed by atoms with Crippen molar-refractivity contribution in [3.8, 4) is 33.4 Å². The number of carbonyl (C=O) groups is 3. The second kappa shape index (κ2) is 14.3. The minimum Gasteiger partial charge on any atom is -0.508 e. The van der Waals surface area contributed by atoms with E-state index in [0.29, 0.717) is 56.4 Å². The lowest BCUT2D eigenvalue weighted by Gasteiger charge is -2.29. The van der Waals surface area contributed by atoms with Crippen LogP contribution in [0.2, 0.25) is 0 Å². The molecule has 2 aliphatic rings. The Morgan fingerprint density at radius 1 is 0.918 bits per heavy atom. The molecule has 0 bridgehead atoms. The number of rotatable bonds is 12. The van der Waals surface area contributed by atoms with Gasteiger partial charge < -0.3 is 29.5 Å². The number of phenols is 1. The number of imide groups is 1. The van der Waals surface area contributed by atoms with Crippen LogP contribution in [0, 0.1) is 0 Å². The van der Waals surface area contributed by atoms with Crippen LogP contribution in [-0.2, 0) is 20.9 Å². The summed E-state index contributed by atoms with van der Waals surface area (Å²) in [5, 5.41) is 16.6. The highest BCUT2D eigenvalue weighted by Crippen LogP contribution is 2.47. The number of fused-ring (bicyclic) bond motifs is 2. The quantitative estimate of drug-likeness (QED) is 0.0914. The van der Waals surface area contributed by atoms with E-state index in [4.69, 9.17) is 14.2 Å². The topological polar surface area (TPSA) is 126 Å². The van der Waals surface area contributed by atoms with Crippen LogP contribution in [0.5, 0.6) is 23.0 Å². The van der Waals surface area contributed by atoms with Crippen LogP contribution >= 0.6 is 27.3 Å². The molecule has 5 aromatic rings. The summed E-state index contributed by atoms with van der Waals surface area (Å²) in [4.78, 5) is 39.2. The number of phenolic OH excluding ortho intramolecular Hbond substituents is 1. The van der Waals surface area contributed by atoms with Crippen molar-refractivity contribution in [2.24, 2.45) is 0 Å². The molecule has 1 saturated heterocycles. The van der Waals surface area contributed by atoms with Gasteiger partial charge in [0, 0.05) is 45.3 Å². The van der Waals surface area contributed by atoms with Crippen molar-refractivity contribution < 1.29 is 33.7 Å². The van der Waals surface area contributed by atoms with E-state index in [1.807, 2.05) is 66.7 Å². The minimum atomic E-state index is -0.629. The average Bonchev–Trinajstić information content (AvgIpc) is 3.61. The maximum absolute atomic E-state index is 12.9. The molecule has 1 unspecified atom stereocenters. The summed E-state index contributed by atoms with van der Waals surface area (Å²) in [6.07, 6.45) is 0.567. The third-order valence-corrected chi connectivity index (χ3v) is 10.1. The van der Waals surface area contributed by atoms with E-state index in [0.717, 1.165) is 42.0 Å². The number of benzene rings is 4. The third kappa shape index (κ3) is 7.26. The molecule has 0 radical (unpaired) electrons.